The van der Waals surface area contributed by atoms with E-state index in [0.717, 1.165) is 16.2 Å². The van der Waals surface area contributed by atoms with E-state index < -0.39 is 22.5 Å². The number of hydrogen-bond donors (Lipinski definition) is 2. The van der Waals surface area contributed by atoms with Gasteiger partial charge in [0.05, 0.1) is 22.7 Å². The standard InChI is InChI=1S/C24H23N3O4S2/c1-2-14-27-20-15-17(12-13-22(20)32-21-11-7-6-10-19(21)24(27)29)26-23(28)16-25-33(30,31)18-8-4-3-5-9-18/h3-13,15,25H,2,14,16H2,1H3,(H,26,28). The van der Waals surface area contributed by atoms with Crippen LogP contribution < -0.4 is 14.9 Å². The van der Waals surface area contributed by atoms with Gasteiger partial charge < -0.3 is 10.2 Å². The summed E-state index contributed by atoms with van der Waals surface area (Å²) in [7, 11) is -3.79. The second-order valence-electron chi connectivity index (χ2n) is 7.42. The molecular formula is C24H23N3O4S2. The lowest BCUT2D eigenvalue weighted by Gasteiger charge is -2.23. The monoisotopic (exact) mass is 481 g/mol. The number of nitrogens with one attached hydrogen (secondary N) is 2. The molecule has 0 saturated heterocycles. The highest BCUT2D eigenvalue weighted by Gasteiger charge is 2.27. The number of benzene rings is 3. The number of anilines is 2. The average Bonchev–Trinajstić information content (AvgIpc) is 2.93. The van der Waals surface area contributed by atoms with Crippen molar-refractivity contribution in [1.29, 1.82) is 0 Å². The van der Waals surface area contributed by atoms with E-state index in [-0.39, 0.29) is 10.8 Å². The molecule has 9 heteroatoms. The van der Waals surface area contributed by atoms with Crippen LogP contribution >= 0.6 is 11.8 Å². The average molecular weight is 482 g/mol. The Kier molecular flexibility index (Phi) is 6.83. The number of amides is 2. The molecule has 0 spiro atoms. The predicted octanol–water partition coefficient (Wildman–Crippen LogP) is 4.13. The van der Waals surface area contributed by atoms with E-state index in [1.54, 1.807) is 35.2 Å². The minimum absolute atomic E-state index is 0.0854. The van der Waals surface area contributed by atoms with Gasteiger partial charge in [-0.25, -0.2) is 13.1 Å². The zero-order valence-electron chi connectivity index (χ0n) is 17.9. The van der Waals surface area contributed by atoms with Crippen molar-refractivity contribution in [2.45, 2.75) is 28.0 Å². The van der Waals surface area contributed by atoms with E-state index >= 15 is 0 Å². The van der Waals surface area contributed by atoms with Crippen molar-refractivity contribution in [1.82, 2.24) is 4.72 Å². The first-order valence-electron chi connectivity index (χ1n) is 10.5. The normalized spacial score (nSPS) is 13.1. The minimum atomic E-state index is -3.79. The highest BCUT2D eigenvalue weighted by atomic mass is 32.2. The molecule has 4 rings (SSSR count). The van der Waals surface area contributed by atoms with Crippen LogP contribution in [0, 0.1) is 0 Å². The van der Waals surface area contributed by atoms with Crippen molar-refractivity contribution in [2.75, 3.05) is 23.3 Å². The Morgan fingerprint density at radius 3 is 2.45 bits per heavy atom. The zero-order valence-corrected chi connectivity index (χ0v) is 19.6. The molecule has 3 aromatic rings. The van der Waals surface area contributed by atoms with Crippen LogP contribution in [0.15, 0.2) is 87.5 Å². The van der Waals surface area contributed by atoms with Crippen molar-refractivity contribution in [2.24, 2.45) is 0 Å². The molecule has 7 nitrogen and oxygen atoms in total. The van der Waals surface area contributed by atoms with Crippen LogP contribution in [0.4, 0.5) is 11.4 Å². The van der Waals surface area contributed by atoms with Crippen LogP contribution in [0.1, 0.15) is 23.7 Å². The van der Waals surface area contributed by atoms with Crippen molar-refractivity contribution in [3.05, 3.63) is 78.4 Å². The molecular weight excluding hydrogens is 458 g/mol. The maximum absolute atomic E-state index is 13.2. The fourth-order valence-corrected chi connectivity index (χ4v) is 5.55. The van der Waals surface area contributed by atoms with Crippen molar-refractivity contribution in [3.8, 4) is 0 Å². The Labute approximate surface area is 197 Å². The van der Waals surface area contributed by atoms with Crippen molar-refractivity contribution in [3.63, 3.8) is 0 Å². The summed E-state index contributed by atoms with van der Waals surface area (Å²) in [4.78, 5) is 29.3. The summed E-state index contributed by atoms with van der Waals surface area (Å²) in [5.41, 5.74) is 1.84. The van der Waals surface area contributed by atoms with Gasteiger partial charge in [0.2, 0.25) is 15.9 Å². The number of carbonyl (C=O) groups is 2. The van der Waals surface area contributed by atoms with Gasteiger partial charge in [-0.2, -0.15) is 0 Å². The molecule has 3 aromatic carbocycles. The SMILES string of the molecule is CCCN1C(=O)c2ccccc2Sc2ccc(NC(=O)CNS(=O)(=O)c3ccccc3)cc21. The topological polar surface area (TPSA) is 95.6 Å². The Bertz CT molecular complexity index is 1290. The van der Waals surface area contributed by atoms with E-state index in [1.165, 1.54) is 23.9 Å². The van der Waals surface area contributed by atoms with Crippen LogP contribution in [0.3, 0.4) is 0 Å². The third kappa shape index (κ3) is 5.11. The number of carbonyl (C=O) groups excluding carboxylic acids is 2. The Morgan fingerprint density at radius 1 is 0.970 bits per heavy atom. The second kappa shape index (κ2) is 9.78. The first kappa shape index (κ1) is 23.0. The summed E-state index contributed by atoms with van der Waals surface area (Å²) in [5.74, 6) is -0.592. The van der Waals surface area contributed by atoms with Crippen molar-refractivity contribution >= 4 is 45.0 Å². The first-order chi connectivity index (χ1) is 15.9. The van der Waals surface area contributed by atoms with Gasteiger partial charge in [0.25, 0.3) is 5.91 Å². The summed E-state index contributed by atoms with van der Waals surface area (Å²) in [5, 5.41) is 2.72. The highest BCUT2D eigenvalue weighted by Crippen LogP contribution is 2.42. The Balaban J connectivity index is 1.53. The molecule has 0 saturated carbocycles. The molecule has 0 atom stereocenters. The molecule has 170 valence electrons. The molecule has 0 bridgehead atoms. The van der Waals surface area contributed by atoms with Crippen LogP contribution in [0.2, 0.25) is 0 Å². The lowest BCUT2D eigenvalue weighted by atomic mass is 10.1. The van der Waals surface area contributed by atoms with Gasteiger partial charge in [0.15, 0.2) is 0 Å². The number of hydrogen-bond acceptors (Lipinski definition) is 5. The van der Waals surface area contributed by atoms with Crippen LogP contribution in [-0.2, 0) is 14.8 Å². The molecule has 2 amide bonds. The molecule has 2 N–H and O–H groups in total. The van der Waals surface area contributed by atoms with Gasteiger partial charge in [0, 0.05) is 22.0 Å². The van der Waals surface area contributed by atoms with Crippen LogP contribution in [0.5, 0.6) is 0 Å². The van der Waals surface area contributed by atoms with E-state index in [1.807, 2.05) is 37.3 Å². The smallest absolute Gasteiger partial charge is 0.259 e. The summed E-state index contributed by atoms with van der Waals surface area (Å²) < 4.78 is 27.0. The maximum Gasteiger partial charge on any atom is 0.259 e. The number of nitrogens with zero attached hydrogens (tertiary/aromatic N) is 1. The zero-order chi connectivity index (χ0) is 23.4. The number of sulfonamides is 1. The molecule has 33 heavy (non-hydrogen) atoms. The van der Waals surface area contributed by atoms with E-state index in [4.69, 9.17) is 0 Å². The lowest BCUT2D eigenvalue weighted by Crippen LogP contribution is -2.33. The van der Waals surface area contributed by atoms with Gasteiger partial charge in [-0.1, -0.05) is 49.0 Å². The van der Waals surface area contributed by atoms with E-state index in [0.29, 0.717) is 23.5 Å². The molecule has 0 unspecified atom stereocenters. The van der Waals surface area contributed by atoms with Gasteiger partial charge in [-0.3, -0.25) is 9.59 Å². The number of rotatable bonds is 7. The number of fused-ring (bicyclic) bond motifs is 2. The highest BCUT2D eigenvalue weighted by molar-refractivity contribution is 7.99. The summed E-state index contributed by atoms with van der Waals surface area (Å²) in [6, 6.07) is 20.7. The maximum atomic E-state index is 13.2. The minimum Gasteiger partial charge on any atom is -0.325 e. The molecule has 0 radical (unpaired) electrons. The summed E-state index contributed by atoms with van der Waals surface area (Å²) >= 11 is 1.51. The molecule has 1 aliphatic rings. The molecule has 0 fully saturated rings. The molecule has 1 aliphatic heterocycles. The largest absolute Gasteiger partial charge is 0.325 e. The predicted molar refractivity (Wildman–Crippen MR) is 129 cm³/mol. The summed E-state index contributed by atoms with van der Waals surface area (Å²) in [6.07, 6.45) is 0.774. The fraction of sp³-hybridized carbons (Fsp3) is 0.167. The van der Waals surface area contributed by atoms with Gasteiger partial charge >= 0.3 is 0 Å². The van der Waals surface area contributed by atoms with Gasteiger partial charge in [-0.05, 0) is 48.9 Å². The third-order valence-electron chi connectivity index (χ3n) is 5.04. The summed E-state index contributed by atoms with van der Waals surface area (Å²) in [6.45, 7) is 2.13. The quantitative estimate of drug-likeness (QED) is 0.529. The van der Waals surface area contributed by atoms with Crippen LogP contribution in [0.25, 0.3) is 0 Å². The van der Waals surface area contributed by atoms with E-state index in [9.17, 15) is 18.0 Å². The van der Waals surface area contributed by atoms with Gasteiger partial charge in [0.1, 0.15) is 0 Å². The van der Waals surface area contributed by atoms with Crippen LogP contribution in [-0.4, -0.2) is 33.3 Å². The third-order valence-corrected chi connectivity index (χ3v) is 7.60. The fourth-order valence-electron chi connectivity index (χ4n) is 3.49. The van der Waals surface area contributed by atoms with Crippen molar-refractivity contribution < 1.29 is 18.0 Å². The molecule has 0 aliphatic carbocycles. The van der Waals surface area contributed by atoms with E-state index in [2.05, 4.69) is 10.0 Å². The Morgan fingerprint density at radius 2 is 1.70 bits per heavy atom. The Hall–Kier alpha value is -3.14. The molecule has 0 aromatic heterocycles. The van der Waals surface area contributed by atoms with Gasteiger partial charge in [-0.15, -0.1) is 0 Å². The second-order valence-corrected chi connectivity index (χ2v) is 10.3. The first-order valence-corrected chi connectivity index (χ1v) is 12.8. The lowest BCUT2D eigenvalue weighted by molar-refractivity contribution is -0.115. The molecule has 1 heterocycles.